The zero-order chi connectivity index (χ0) is 50.7. The van der Waals surface area contributed by atoms with Gasteiger partial charge in [0.1, 0.15) is 6.23 Å². The van der Waals surface area contributed by atoms with Gasteiger partial charge in [-0.2, -0.15) is 0 Å². The molecule has 72 heavy (non-hydrogen) atoms. The monoisotopic (exact) mass is 1030 g/mol. The number of guanidine groups is 1. The van der Waals surface area contributed by atoms with Crippen LogP contribution in [0.25, 0.3) is 0 Å². The van der Waals surface area contributed by atoms with E-state index in [-0.39, 0.29) is 71.5 Å². The predicted molar refractivity (Wildman–Crippen MR) is 288 cm³/mol. The highest BCUT2D eigenvalue weighted by Gasteiger charge is 2.74. The lowest BCUT2D eigenvalue weighted by atomic mass is 9.41. The maximum absolute atomic E-state index is 15.2. The molecule has 10 aliphatic rings. The van der Waals surface area contributed by atoms with Crippen molar-refractivity contribution >= 4 is 33.3 Å². The van der Waals surface area contributed by atoms with Gasteiger partial charge in [-0.3, -0.25) is 9.79 Å². The zero-order valence-electron chi connectivity index (χ0n) is 44.4. The van der Waals surface area contributed by atoms with Crippen molar-refractivity contribution in [2.24, 2.45) is 91.6 Å². The molecule has 0 aromatic carbocycles. The van der Waals surface area contributed by atoms with E-state index in [1.807, 2.05) is 40.2 Å². The van der Waals surface area contributed by atoms with Crippen molar-refractivity contribution in [3.05, 3.63) is 52.7 Å². The molecule has 1 aliphatic heterocycles. The number of hydrogen-bond acceptors (Lipinski definition) is 10. The van der Waals surface area contributed by atoms with Crippen molar-refractivity contribution in [2.45, 2.75) is 200 Å². The van der Waals surface area contributed by atoms with Gasteiger partial charge >= 0.3 is 0 Å². The number of nitrogens with zero attached hydrogens (tertiary/aromatic N) is 3. The van der Waals surface area contributed by atoms with Gasteiger partial charge in [-0.1, -0.05) is 104 Å². The Balaban J connectivity index is 1.09. The molecule has 1 aromatic rings. The van der Waals surface area contributed by atoms with Crippen molar-refractivity contribution < 1.29 is 30.3 Å². The molecule has 4 bridgehead atoms. The maximum atomic E-state index is 15.2. The first kappa shape index (κ1) is 51.9. The number of aliphatic hydroxyl groups excluding tert-OH is 4. The van der Waals surface area contributed by atoms with Gasteiger partial charge in [0, 0.05) is 65.6 Å². The number of hydrogen-bond donors (Lipinski definition) is 7. The summed E-state index contributed by atoms with van der Waals surface area (Å²) >= 11 is 0. The van der Waals surface area contributed by atoms with E-state index >= 15 is 4.79 Å². The number of rotatable bonds is 8. The van der Waals surface area contributed by atoms with Crippen LogP contribution in [-0.2, 0) is 4.79 Å². The van der Waals surface area contributed by atoms with E-state index in [9.17, 15) is 25.5 Å². The number of carbonyl (C=O) groups is 1. The van der Waals surface area contributed by atoms with Crippen molar-refractivity contribution in [1.82, 2.24) is 14.9 Å². The van der Waals surface area contributed by atoms with Crippen LogP contribution in [0.3, 0.4) is 0 Å². The highest BCUT2D eigenvalue weighted by Crippen LogP contribution is 2.75. The summed E-state index contributed by atoms with van der Waals surface area (Å²) in [5.74, 6) is 1.74. The van der Waals surface area contributed by atoms with Crippen LogP contribution in [0.15, 0.2) is 57.7 Å². The summed E-state index contributed by atoms with van der Waals surface area (Å²) in [4.78, 5) is 24.8. The lowest BCUT2D eigenvalue weighted by Crippen LogP contribution is -2.66. The van der Waals surface area contributed by atoms with Gasteiger partial charge < -0.3 is 41.2 Å². The number of allylic oxidation sites excluding steroid dienone is 3. The number of imidazole rings is 1. The standard InChI is InChI=1S/C59H89N5O6S2/c1-33(2)12-10-19-58-28-47(68)46(67)24-43(58)45(66)25-44-50(58)36(29-62-54(60)63-34(3)65)26-56(6)42-23-37(59(44,56)70)30-71-72-31-38(64-21-20-61-32-64)27-55(4,5)52-40-15-11-18-57(16-7-8-17-57)51(40)39-14-9-13-35-22-41(42)53(69)49(52)48(35)39/h20-21,25,32-38,41-43,46-47,49-51,53,65,67-70H,7-19,22-24,26-31H2,1-6H3,(H3,60,62,63). The second kappa shape index (κ2) is 19.4. The normalized spacial score (nSPS) is 43.9. The minimum atomic E-state index is -1.37. The second-order valence-electron chi connectivity index (χ2n) is 26.9. The number of nitrogens with one attached hydrogen (secondary N) is 1. The van der Waals surface area contributed by atoms with Crippen LogP contribution in [0, 0.1) is 80.8 Å². The summed E-state index contributed by atoms with van der Waals surface area (Å²) in [6.45, 7) is 13.8. The number of nitrogens with two attached hydrogens (primary N) is 1. The highest BCUT2D eigenvalue weighted by molar-refractivity contribution is 8.76. The van der Waals surface area contributed by atoms with E-state index < -0.39 is 46.9 Å². The molecule has 8 N–H and O–H groups in total. The van der Waals surface area contributed by atoms with Gasteiger partial charge in [0.2, 0.25) is 0 Å². The summed E-state index contributed by atoms with van der Waals surface area (Å²) in [7, 11) is 3.78. The fourth-order valence-corrected chi connectivity index (χ4v) is 22.5. The third-order valence-corrected chi connectivity index (χ3v) is 24.8. The Bertz CT molecular complexity index is 2340. The van der Waals surface area contributed by atoms with E-state index in [2.05, 4.69) is 55.7 Å². The van der Waals surface area contributed by atoms with Crippen LogP contribution in [0.2, 0.25) is 0 Å². The van der Waals surface area contributed by atoms with E-state index in [0.29, 0.717) is 48.3 Å². The molecule has 6 saturated carbocycles. The molecule has 1 spiro atoms. The van der Waals surface area contributed by atoms with Crippen LogP contribution in [0.4, 0.5) is 0 Å². The second-order valence-corrected chi connectivity index (χ2v) is 29.5. The molecule has 7 fully saturated rings. The summed E-state index contributed by atoms with van der Waals surface area (Å²) in [6, 6.07) is 0.183. The molecule has 0 radical (unpaired) electrons. The molecule has 11 nitrogen and oxygen atoms in total. The summed E-state index contributed by atoms with van der Waals surface area (Å²) in [5.41, 5.74) is 11.3. The number of fused-ring (bicyclic) bond motifs is 14. The van der Waals surface area contributed by atoms with Crippen LogP contribution in [0.5, 0.6) is 0 Å². The first-order chi connectivity index (χ1) is 34.3. The lowest BCUT2D eigenvalue weighted by molar-refractivity contribution is -0.176. The molecule has 17 atom stereocenters. The van der Waals surface area contributed by atoms with Gasteiger partial charge in [-0.15, -0.1) is 0 Å². The van der Waals surface area contributed by atoms with Crippen LogP contribution in [0.1, 0.15) is 170 Å². The molecular weight excluding hydrogens is 939 g/mol. The van der Waals surface area contributed by atoms with E-state index in [4.69, 9.17) is 10.7 Å². The number of ketones is 1. The Labute approximate surface area is 438 Å². The molecule has 398 valence electrons. The number of aromatic nitrogens is 2. The summed E-state index contributed by atoms with van der Waals surface area (Å²) in [5, 5.41) is 65.1. The summed E-state index contributed by atoms with van der Waals surface area (Å²) in [6.07, 6.45) is 23.1. The largest absolute Gasteiger partial charge is 0.392 e. The lowest BCUT2D eigenvalue weighted by Gasteiger charge is -2.65. The Hall–Kier alpha value is -2.13. The Morgan fingerprint density at radius 2 is 1.71 bits per heavy atom. The number of carbonyl (C=O) groups excluding carboxylic acids is 1. The molecule has 13 heteroatoms. The predicted octanol–water partition coefficient (Wildman–Crippen LogP) is 9.71. The molecule has 11 rings (SSSR count). The highest BCUT2D eigenvalue weighted by atomic mass is 33.1. The van der Waals surface area contributed by atoms with E-state index in [0.717, 1.165) is 62.7 Å². The Morgan fingerprint density at radius 3 is 2.44 bits per heavy atom. The Kier molecular flexibility index (Phi) is 14.0. The minimum Gasteiger partial charge on any atom is -0.392 e. The average Bonchev–Trinajstić information content (AvgIpc) is 4.08. The van der Waals surface area contributed by atoms with Crippen LogP contribution < -0.4 is 11.1 Å². The smallest absolute Gasteiger partial charge is 0.190 e. The fourth-order valence-electron chi connectivity index (χ4n) is 19.8. The van der Waals surface area contributed by atoms with Gasteiger partial charge in [0.05, 0.1) is 30.2 Å². The molecule has 17 unspecified atom stereocenters. The van der Waals surface area contributed by atoms with Crippen molar-refractivity contribution in [2.75, 3.05) is 18.1 Å². The summed E-state index contributed by atoms with van der Waals surface area (Å²) < 4.78 is 2.33. The van der Waals surface area contributed by atoms with Gasteiger partial charge in [-0.05, 0) is 167 Å². The van der Waals surface area contributed by atoms with Gasteiger partial charge in [-0.25, -0.2) is 4.98 Å². The molecule has 9 aliphatic carbocycles. The first-order valence-corrected chi connectivity index (χ1v) is 31.3. The SMILES string of the molecule is CC(C)CCCC12CC(O)C(O)CC1C(=O)C=C1C2C(CN=C(N)NC(C)O)CC2(C)C3CC(CSSCC(n4ccnc4)CC(C)(C)C4=C5CCCC6(CCCC6)C5C5=C6C(CCC5)CC3C(O)C64)C12O. The van der Waals surface area contributed by atoms with Crippen LogP contribution >= 0.6 is 21.6 Å². The maximum Gasteiger partial charge on any atom is 0.190 e. The van der Waals surface area contributed by atoms with Gasteiger partial charge in [0.25, 0.3) is 0 Å². The zero-order valence-corrected chi connectivity index (χ0v) is 46.0. The quantitative estimate of drug-likeness (QED) is 0.0432. The Morgan fingerprint density at radius 1 is 0.958 bits per heavy atom. The van der Waals surface area contributed by atoms with E-state index in [1.54, 1.807) is 29.2 Å². The first-order valence-electron chi connectivity index (χ1n) is 28.8. The van der Waals surface area contributed by atoms with E-state index in [1.165, 1.54) is 44.9 Å². The fraction of sp³-hybridized carbons (Fsp3) is 0.814. The molecule has 2 heterocycles. The number of aliphatic hydroxyl groups is 5. The molecule has 1 aromatic heterocycles. The van der Waals surface area contributed by atoms with Crippen LogP contribution in [-0.4, -0.2) is 95.0 Å². The average molecular weight is 1030 g/mol. The van der Waals surface area contributed by atoms with Crippen molar-refractivity contribution in [3.8, 4) is 0 Å². The molecule has 0 amide bonds. The van der Waals surface area contributed by atoms with Gasteiger partial charge in [0.15, 0.2) is 11.7 Å². The minimum absolute atomic E-state index is 0.0322. The third kappa shape index (κ3) is 8.24. The molecule has 1 saturated heterocycles. The van der Waals surface area contributed by atoms with Crippen molar-refractivity contribution in [1.29, 1.82) is 0 Å². The molecular formula is C59H89N5O6S2. The number of aliphatic imine (C=N–C) groups is 1. The topological polar surface area (TPSA) is 186 Å². The third-order valence-electron chi connectivity index (χ3n) is 22.2. The van der Waals surface area contributed by atoms with Crippen molar-refractivity contribution in [3.63, 3.8) is 0 Å².